The van der Waals surface area contributed by atoms with Gasteiger partial charge in [-0.05, 0) is 12.1 Å². The summed E-state index contributed by atoms with van der Waals surface area (Å²) >= 11 is 0. The van der Waals surface area contributed by atoms with E-state index in [4.69, 9.17) is 9.48 Å². The number of hydrogen-bond acceptors (Lipinski definition) is 4. The zero-order valence-corrected chi connectivity index (χ0v) is 19.1. The lowest BCUT2D eigenvalue weighted by molar-refractivity contribution is -0.132. The van der Waals surface area contributed by atoms with Crippen molar-refractivity contribution in [2.75, 3.05) is 12.5 Å². The molecule has 0 radical (unpaired) electrons. The van der Waals surface area contributed by atoms with Crippen molar-refractivity contribution in [1.82, 2.24) is 0 Å². The van der Waals surface area contributed by atoms with Crippen LogP contribution < -0.4 is 21.3 Å². The number of methoxy groups -OCH3 is 1. The number of ether oxygens (including phenoxy) is 1. The average molecular weight is 453 g/mol. The summed E-state index contributed by atoms with van der Waals surface area (Å²) in [5, 5.41) is 7.42. The van der Waals surface area contributed by atoms with Crippen LogP contribution in [-0.2, 0) is 9.53 Å². The van der Waals surface area contributed by atoms with Gasteiger partial charge >= 0.3 is 5.97 Å². The molecule has 4 rings (SSSR count). The van der Waals surface area contributed by atoms with E-state index in [2.05, 4.69) is 46.9 Å². The first-order valence-electron chi connectivity index (χ1n) is 10.5. The molecular formula is C27H24N3O2P. The van der Waals surface area contributed by atoms with Crippen LogP contribution >= 0.6 is 7.05 Å². The standard InChI is InChI=1S/C27H24N3O2P/c1-32-27(31)26(29-28-22-14-6-2-7-15-22)30-33(23-16-8-3-9-17-23,24-18-10-4-11-19-24)25-20-12-5-13-21-25/h2-21,28H,1H3/b29-26-. The molecule has 0 fully saturated rings. The van der Waals surface area contributed by atoms with E-state index in [9.17, 15) is 4.79 Å². The monoisotopic (exact) mass is 453 g/mol. The molecule has 4 aromatic carbocycles. The van der Waals surface area contributed by atoms with Gasteiger partial charge in [0.25, 0.3) is 5.84 Å². The van der Waals surface area contributed by atoms with Crippen LogP contribution in [0.2, 0.25) is 0 Å². The van der Waals surface area contributed by atoms with Gasteiger partial charge in [-0.25, -0.2) is 9.54 Å². The topological polar surface area (TPSA) is 63.0 Å². The lowest BCUT2D eigenvalue weighted by Gasteiger charge is -2.26. The Morgan fingerprint density at radius 2 is 1.06 bits per heavy atom. The Bertz CT molecular complexity index is 1170. The van der Waals surface area contributed by atoms with Crippen LogP contribution in [0.4, 0.5) is 5.69 Å². The van der Waals surface area contributed by atoms with Crippen LogP contribution in [-0.4, -0.2) is 18.9 Å². The van der Waals surface area contributed by atoms with Crippen LogP contribution in [0.5, 0.6) is 0 Å². The quantitative estimate of drug-likeness (QED) is 0.156. The molecule has 1 N–H and O–H groups in total. The Kier molecular flexibility index (Phi) is 7.13. The summed E-state index contributed by atoms with van der Waals surface area (Å²) in [4.78, 5) is 12.8. The fourth-order valence-electron chi connectivity index (χ4n) is 3.52. The van der Waals surface area contributed by atoms with Gasteiger partial charge in [0.15, 0.2) is 0 Å². The van der Waals surface area contributed by atoms with Gasteiger partial charge < -0.3 is 4.74 Å². The van der Waals surface area contributed by atoms with Gasteiger partial charge in [0.05, 0.1) is 19.9 Å². The molecule has 0 aromatic heterocycles. The van der Waals surface area contributed by atoms with Crippen molar-refractivity contribution in [1.29, 1.82) is 0 Å². The van der Waals surface area contributed by atoms with Gasteiger partial charge in [-0.2, -0.15) is 0 Å². The van der Waals surface area contributed by atoms with E-state index in [1.54, 1.807) is 0 Å². The Labute approximate surface area is 193 Å². The molecule has 0 aliphatic heterocycles. The van der Waals surface area contributed by atoms with Gasteiger partial charge in [0.1, 0.15) is 0 Å². The van der Waals surface area contributed by atoms with Gasteiger partial charge in [-0.1, -0.05) is 109 Å². The number of carbonyl (C=O) groups excluding carboxylic acids is 1. The molecule has 4 aromatic rings. The number of rotatable bonds is 5. The third-order valence-electron chi connectivity index (χ3n) is 5.07. The number of amidine groups is 1. The predicted octanol–water partition coefficient (Wildman–Crippen LogP) is 4.76. The maximum atomic E-state index is 12.8. The molecule has 0 spiro atoms. The Hall–Kier alpha value is -3.95. The molecule has 5 nitrogen and oxygen atoms in total. The largest absolute Gasteiger partial charge is 0.463 e. The minimum absolute atomic E-state index is 0.0220. The molecule has 0 saturated heterocycles. The zero-order valence-electron chi connectivity index (χ0n) is 18.2. The van der Waals surface area contributed by atoms with Crippen molar-refractivity contribution in [2.24, 2.45) is 9.85 Å². The summed E-state index contributed by atoms with van der Waals surface area (Å²) in [5.74, 6) is -0.628. The number of hydrogen-bond donors (Lipinski definition) is 1. The predicted molar refractivity (Wildman–Crippen MR) is 137 cm³/mol. The van der Waals surface area contributed by atoms with E-state index < -0.39 is 13.0 Å². The fraction of sp³-hybridized carbons (Fsp3) is 0.0370. The van der Waals surface area contributed by atoms with Crippen LogP contribution in [0.15, 0.2) is 131 Å². The molecule has 0 heterocycles. The van der Waals surface area contributed by atoms with Gasteiger partial charge in [0.2, 0.25) is 0 Å². The van der Waals surface area contributed by atoms with Crippen molar-refractivity contribution in [3.8, 4) is 0 Å². The van der Waals surface area contributed by atoms with Crippen molar-refractivity contribution < 1.29 is 9.53 Å². The number of carbonyl (C=O) groups is 1. The first-order valence-corrected chi connectivity index (χ1v) is 12.2. The van der Waals surface area contributed by atoms with Crippen molar-refractivity contribution >= 4 is 40.5 Å². The smallest absolute Gasteiger partial charge is 0.377 e. The Balaban J connectivity index is 2.02. The Morgan fingerprint density at radius 1 is 0.667 bits per heavy atom. The second-order valence-electron chi connectivity index (χ2n) is 7.15. The SMILES string of the molecule is COC(=O)/C(N=P(c1ccccc1)(c1ccccc1)c1ccccc1)=N/Nc1ccccc1. The molecule has 33 heavy (non-hydrogen) atoms. The number of esters is 1. The van der Waals surface area contributed by atoms with E-state index in [0.29, 0.717) is 0 Å². The number of hydrazone groups is 1. The summed E-state index contributed by atoms with van der Waals surface area (Å²) < 4.78 is 10.2. The second-order valence-corrected chi connectivity index (χ2v) is 10.2. The number of benzene rings is 4. The molecular weight excluding hydrogens is 429 g/mol. The third kappa shape index (κ3) is 4.94. The van der Waals surface area contributed by atoms with Crippen molar-refractivity contribution in [3.63, 3.8) is 0 Å². The number of anilines is 1. The average Bonchev–Trinajstić information content (AvgIpc) is 2.91. The third-order valence-corrected chi connectivity index (χ3v) is 8.69. The first kappa shape index (κ1) is 22.3. The van der Waals surface area contributed by atoms with Crippen molar-refractivity contribution in [2.45, 2.75) is 0 Å². The lowest BCUT2D eigenvalue weighted by Crippen LogP contribution is -2.27. The molecule has 0 saturated carbocycles. The van der Waals surface area contributed by atoms with Crippen LogP contribution in [0.3, 0.4) is 0 Å². The second kappa shape index (κ2) is 10.6. The minimum Gasteiger partial charge on any atom is -0.463 e. The number of para-hydroxylation sites is 1. The molecule has 0 atom stereocenters. The van der Waals surface area contributed by atoms with Gasteiger partial charge in [0, 0.05) is 15.9 Å². The highest BCUT2D eigenvalue weighted by Gasteiger charge is 2.29. The summed E-state index contributed by atoms with van der Waals surface area (Å²) in [5.41, 5.74) is 3.70. The molecule has 0 amide bonds. The molecule has 0 bridgehead atoms. The molecule has 0 unspecified atom stereocenters. The molecule has 6 heteroatoms. The highest BCUT2D eigenvalue weighted by atomic mass is 31.2. The van der Waals surface area contributed by atoms with E-state index in [1.807, 2.05) is 84.9 Å². The number of nitrogens with one attached hydrogen (secondary N) is 1. The first-order chi connectivity index (χ1) is 16.2. The van der Waals surface area contributed by atoms with E-state index in [-0.39, 0.29) is 5.84 Å². The zero-order chi connectivity index (χ0) is 22.9. The van der Waals surface area contributed by atoms with Crippen LogP contribution in [0.1, 0.15) is 0 Å². The van der Waals surface area contributed by atoms with E-state index in [0.717, 1.165) is 21.6 Å². The maximum Gasteiger partial charge on any atom is 0.377 e. The fourth-order valence-corrected chi connectivity index (χ4v) is 6.99. The summed E-state index contributed by atoms with van der Waals surface area (Å²) in [7, 11) is -1.31. The van der Waals surface area contributed by atoms with Gasteiger partial charge in [-0.3, -0.25) is 5.43 Å². The van der Waals surface area contributed by atoms with Gasteiger partial charge in [-0.15, -0.1) is 5.10 Å². The van der Waals surface area contributed by atoms with Crippen molar-refractivity contribution in [3.05, 3.63) is 121 Å². The molecule has 0 aliphatic carbocycles. The van der Waals surface area contributed by atoms with Crippen LogP contribution in [0.25, 0.3) is 0 Å². The highest BCUT2D eigenvalue weighted by molar-refractivity contribution is 7.87. The molecule has 0 aliphatic rings. The number of nitrogens with zero attached hydrogens (tertiary/aromatic N) is 2. The Morgan fingerprint density at radius 3 is 1.45 bits per heavy atom. The summed E-state index contributed by atoms with van der Waals surface area (Å²) in [6, 6.07) is 39.6. The van der Waals surface area contributed by atoms with E-state index >= 15 is 0 Å². The summed E-state index contributed by atoms with van der Waals surface area (Å²) in [6.07, 6.45) is 0. The molecule has 164 valence electrons. The minimum atomic E-state index is -2.64. The normalized spacial score (nSPS) is 11.5. The maximum absolute atomic E-state index is 12.8. The highest BCUT2D eigenvalue weighted by Crippen LogP contribution is 2.46. The lowest BCUT2D eigenvalue weighted by atomic mass is 10.3. The summed E-state index contributed by atoms with van der Waals surface area (Å²) in [6.45, 7) is 0. The van der Waals surface area contributed by atoms with Crippen LogP contribution in [0, 0.1) is 0 Å². The van der Waals surface area contributed by atoms with E-state index in [1.165, 1.54) is 7.11 Å².